The lowest BCUT2D eigenvalue weighted by Gasteiger charge is -2.17. The van der Waals surface area contributed by atoms with E-state index < -0.39 is 0 Å². The summed E-state index contributed by atoms with van der Waals surface area (Å²) in [6, 6.07) is 29.6. The first-order valence-corrected chi connectivity index (χ1v) is 8.98. The van der Waals surface area contributed by atoms with Crippen molar-refractivity contribution < 1.29 is 4.84 Å². The fraction of sp³-hybridized carbons (Fsp3) is 0.167. The fourth-order valence-electron chi connectivity index (χ4n) is 3.18. The summed E-state index contributed by atoms with van der Waals surface area (Å²) in [6.45, 7) is 2.22. The van der Waals surface area contributed by atoms with Gasteiger partial charge in [0, 0.05) is 14.1 Å². The third-order valence-electron chi connectivity index (χ3n) is 4.27. The Hall–Kier alpha value is -2.84. The normalized spacial score (nSPS) is 12.0. The van der Waals surface area contributed by atoms with Crippen molar-refractivity contribution >= 4 is 11.1 Å². The molecule has 0 aliphatic carbocycles. The van der Waals surface area contributed by atoms with Crippen LogP contribution in [-0.2, 0) is 0 Å². The Morgan fingerprint density at radius 3 is 1.69 bits per heavy atom. The Kier molecular flexibility index (Phi) is 5.88. The van der Waals surface area contributed by atoms with Crippen molar-refractivity contribution in [3.8, 4) is 5.75 Å². The van der Waals surface area contributed by atoms with Crippen molar-refractivity contribution in [2.45, 2.75) is 13.3 Å². The van der Waals surface area contributed by atoms with Crippen LogP contribution in [-0.4, -0.2) is 19.2 Å². The average Bonchev–Trinajstić information content (AvgIpc) is 2.68. The van der Waals surface area contributed by atoms with E-state index in [0.29, 0.717) is 0 Å². The molecule has 3 aromatic carbocycles. The van der Waals surface area contributed by atoms with Gasteiger partial charge >= 0.3 is 0 Å². The maximum Gasteiger partial charge on any atom is 0.147 e. The maximum absolute atomic E-state index is 5.64. The third kappa shape index (κ3) is 4.22. The van der Waals surface area contributed by atoms with E-state index in [2.05, 4.69) is 79.7 Å². The number of hydrogen-bond acceptors (Lipinski definition) is 2. The number of nitrogens with zero attached hydrogens (tertiary/aromatic N) is 1. The number of rotatable bonds is 6. The summed E-state index contributed by atoms with van der Waals surface area (Å²) in [5.74, 6) is 0.837. The molecule has 0 fully saturated rings. The van der Waals surface area contributed by atoms with Gasteiger partial charge in [0.1, 0.15) is 5.75 Å². The molecule has 0 saturated heterocycles. The summed E-state index contributed by atoms with van der Waals surface area (Å²) in [5, 5.41) is 1.70. The summed E-state index contributed by atoms with van der Waals surface area (Å²) in [5.41, 5.74) is 6.31. The van der Waals surface area contributed by atoms with Gasteiger partial charge in [0.05, 0.1) is 0 Å². The molecule has 2 nitrogen and oxygen atoms in total. The zero-order valence-electron chi connectivity index (χ0n) is 15.6. The van der Waals surface area contributed by atoms with E-state index in [0.717, 1.165) is 12.2 Å². The van der Waals surface area contributed by atoms with Gasteiger partial charge in [-0.2, -0.15) is 5.06 Å². The molecule has 0 N–H and O–H groups in total. The van der Waals surface area contributed by atoms with Gasteiger partial charge in [-0.1, -0.05) is 79.7 Å². The lowest BCUT2D eigenvalue weighted by molar-refractivity contribution is -0.00325. The minimum atomic E-state index is 0.837. The molecule has 0 unspecified atom stereocenters. The SMILES string of the molecule is CCC(=C(c1ccccc1)c1ccc(ON(C)C)cc1)c1ccccc1. The molecule has 3 rings (SSSR count). The molecule has 0 aliphatic heterocycles. The molecule has 0 atom stereocenters. The second-order valence-corrected chi connectivity index (χ2v) is 6.37. The summed E-state index contributed by atoms with van der Waals surface area (Å²) in [7, 11) is 3.77. The van der Waals surface area contributed by atoms with Crippen LogP contribution in [0, 0.1) is 0 Å². The smallest absolute Gasteiger partial charge is 0.147 e. The highest BCUT2D eigenvalue weighted by Crippen LogP contribution is 2.34. The van der Waals surface area contributed by atoms with Gasteiger partial charge < -0.3 is 4.84 Å². The molecule has 0 aliphatic rings. The molecule has 0 radical (unpaired) electrons. The number of benzene rings is 3. The van der Waals surface area contributed by atoms with Gasteiger partial charge in [0.15, 0.2) is 0 Å². The van der Waals surface area contributed by atoms with E-state index in [4.69, 9.17) is 4.84 Å². The Morgan fingerprint density at radius 2 is 1.19 bits per heavy atom. The van der Waals surface area contributed by atoms with Crippen LogP contribution in [0.5, 0.6) is 5.75 Å². The van der Waals surface area contributed by atoms with Crippen LogP contribution in [0.3, 0.4) is 0 Å². The lowest BCUT2D eigenvalue weighted by Crippen LogP contribution is -2.15. The summed E-state index contributed by atoms with van der Waals surface area (Å²) in [6.07, 6.45) is 0.962. The molecule has 0 bridgehead atoms. The van der Waals surface area contributed by atoms with Crippen molar-refractivity contribution in [3.63, 3.8) is 0 Å². The maximum atomic E-state index is 5.64. The molecule has 0 saturated carbocycles. The first-order chi connectivity index (χ1) is 12.7. The van der Waals surface area contributed by atoms with Crippen LogP contribution in [0.15, 0.2) is 84.9 Å². The van der Waals surface area contributed by atoms with Gasteiger partial charge in [-0.3, -0.25) is 0 Å². The van der Waals surface area contributed by atoms with Crippen molar-refractivity contribution in [2.75, 3.05) is 14.1 Å². The Bertz CT molecular complexity index is 850. The Balaban J connectivity index is 2.14. The van der Waals surface area contributed by atoms with Crippen LogP contribution >= 0.6 is 0 Å². The van der Waals surface area contributed by atoms with Gasteiger partial charge in [0.2, 0.25) is 0 Å². The van der Waals surface area contributed by atoms with E-state index >= 15 is 0 Å². The van der Waals surface area contributed by atoms with E-state index in [1.807, 2.05) is 26.2 Å². The van der Waals surface area contributed by atoms with Crippen LogP contribution in [0.25, 0.3) is 11.1 Å². The number of allylic oxidation sites excluding steroid dienone is 1. The van der Waals surface area contributed by atoms with E-state index in [9.17, 15) is 0 Å². The van der Waals surface area contributed by atoms with Gasteiger partial charge in [-0.05, 0) is 46.4 Å². The Labute approximate surface area is 156 Å². The van der Waals surface area contributed by atoms with Crippen LogP contribution in [0.2, 0.25) is 0 Å². The van der Waals surface area contributed by atoms with Crippen molar-refractivity contribution in [2.24, 2.45) is 0 Å². The van der Waals surface area contributed by atoms with Crippen LogP contribution in [0.4, 0.5) is 0 Å². The number of hydrogen-bond donors (Lipinski definition) is 0. The predicted octanol–water partition coefficient (Wildman–Crippen LogP) is 5.91. The molecular formula is C24H25NO. The van der Waals surface area contributed by atoms with Crippen molar-refractivity contribution in [1.29, 1.82) is 0 Å². The van der Waals surface area contributed by atoms with Gasteiger partial charge in [-0.25, -0.2) is 0 Å². The summed E-state index contributed by atoms with van der Waals surface area (Å²) >= 11 is 0. The minimum Gasteiger partial charge on any atom is -0.407 e. The molecule has 132 valence electrons. The molecule has 3 aromatic rings. The monoisotopic (exact) mass is 343 g/mol. The average molecular weight is 343 g/mol. The van der Waals surface area contributed by atoms with Crippen molar-refractivity contribution in [3.05, 3.63) is 102 Å². The van der Waals surface area contributed by atoms with Crippen molar-refractivity contribution in [1.82, 2.24) is 5.06 Å². The molecule has 0 heterocycles. The zero-order valence-corrected chi connectivity index (χ0v) is 15.6. The third-order valence-corrected chi connectivity index (χ3v) is 4.27. The molecule has 0 amide bonds. The van der Waals surface area contributed by atoms with E-state index in [1.165, 1.54) is 27.8 Å². The highest BCUT2D eigenvalue weighted by molar-refractivity contribution is 5.98. The Morgan fingerprint density at radius 1 is 0.692 bits per heavy atom. The minimum absolute atomic E-state index is 0.837. The fourth-order valence-corrected chi connectivity index (χ4v) is 3.18. The summed E-state index contributed by atoms with van der Waals surface area (Å²) in [4.78, 5) is 5.64. The first kappa shape index (κ1) is 18.0. The van der Waals surface area contributed by atoms with E-state index in [-0.39, 0.29) is 0 Å². The lowest BCUT2D eigenvalue weighted by atomic mass is 9.88. The quantitative estimate of drug-likeness (QED) is 0.407. The van der Waals surface area contributed by atoms with Gasteiger partial charge in [0.25, 0.3) is 0 Å². The van der Waals surface area contributed by atoms with Gasteiger partial charge in [-0.15, -0.1) is 0 Å². The second-order valence-electron chi connectivity index (χ2n) is 6.37. The van der Waals surface area contributed by atoms with Crippen LogP contribution in [0.1, 0.15) is 30.0 Å². The highest BCUT2D eigenvalue weighted by Gasteiger charge is 2.13. The molecular weight excluding hydrogens is 318 g/mol. The molecule has 2 heteroatoms. The second kappa shape index (κ2) is 8.50. The summed E-state index contributed by atoms with van der Waals surface area (Å²) < 4.78 is 0. The molecule has 0 spiro atoms. The first-order valence-electron chi connectivity index (χ1n) is 8.98. The molecule has 0 aromatic heterocycles. The standard InChI is InChI=1S/C24H25NO/c1-4-23(19-11-7-5-8-12-19)24(20-13-9-6-10-14-20)21-15-17-22(18-16-21)26-25(2)3/h5-18H,4H2,1-3H3. The highest BCUT2D eigenvalue weighted by atomic mass is 16.7. The van der Waals surface area contributed by atoms with Crippen LogP contribution < -0.4 is 4.84 Å². The number of hydroxylamine groups is 2. The molecule has 26 heavy (non-hydrogen) atoms. The topological polar surface area (TPSA) is 12.5 Å². The van der Waals surface area contributed by atoms with E-state index in [1.54, 1.807) is 5.06 Å². The predicted molar refractivity (Wildman–Crippen MR) is 110 cm³/mol. The largest absolute Gasteiger partial charge is 0.407 e. The zero-order chi connectivity index (χ0) is 18.4.